The standard InChI is InChI=1S/C16H26N2O2/c1-11-10-18-13(12(2)15(11)19-5)9-14(17-4)16(3)7-6-8-20-16/h10,14,17H,6-9H2,1-5H3. The van der Waals surface area contributed by atoms with Crippen molar-refractivity contribution in [2.75, 3.05) is 20.8 Å². The van der Waals surface area contributed by atoms with Crippen LogP contribution in [0.15, 0.2) is 6.20 Å². The highest BCUT2D eigenvalue weighted by Crippen LogP contribution is 2.32. The van der Waals surface area contributed by atoms with Gasteiger partial charge in [-0.15, -0.1) is 0 Å². The molecule has 1 aliphatic heterocycles. The smallest absolute Gasteiger partial charge is 0.128 e. The van der Waals surface area contributed by atoms with Crippen LogP contribution in [0.1, 0.15) is 36.6 Å². The Morgan fingerprint density at radius 3 is 2.80 bits per heavy atom. The second kappa shape index (κ2) is 6.10. The molecule has 1 aromatic heterocycles. The molecular weight excluding hydrogens is 252 g/mol. The number of nitrogens with zero attached hydrogens (tertiary/aromatic N) is 1. The van der Waals surface area contributed by atoms with Gasteiger partial charge < -0.3 is 14.8 Å². The van der Waals surface area contributed by atoms with E-state index >= 15 is 0 Å². The van der Waals surface area contributed by atoms with Gasteiger partial charge in [0.2, 0.25) is 0 Å². The third kappa shape index (κ3) is 2.81. The minimum Gasteiger partial charge on any atom is -0.496 e. The fourth-order valence-electron chi connectivity index (χ4n) is 3.17. The van der Waals surface area contributed by atoms with Crippen LogP contribution in [0.5, 0.6) is 5.75 Å². The van der Waals surface area contributed by atoms with Gasteiger partial charge in [0, 0.05) is 42.1 Å². The number of nitrogens with one attached hydrogen (secondary N) is 1. The Morgan fingerprint density at radius 2 is 2.25 bits per heavy atom. The zero-order valence-electron chi connectivity index (χ0n) is 13.2. The molecule has 1 fully saturated rings. The fraction of sp³-hybridized carbons (Fsp3) is 0.688. The number of hydrogen-bond donors (Lipinski definition) is 1. The van der Waals surface area contributed by atoms with Crippen LogP contribution in [0, 0.1) is 13.8 Å². The maximum absolute atomic E-state index is 5.96. The first kappa shape index (κ1) is 15.3. The zero-order chi connectivity index (χ0) is 14.8. The third-order valence-electron chi connectivity index (χ3n) is 4.48. The molecule has 0 aliphatic carbocycles. The predicted molar refractivity (Wildman–Crippen MR) is 80.4 cm³/mol. The van der Waals surface area contributed by atoms with Crippen molar-refractivity contribution >= 4 is 0 Å². The molecule has 1 aromatic rings. The number of ether oxygens (including phenoxy) is 2. The molecule has 20 heavy (non-hydrogen) atoms. The Bertz CT molecular complexity index is 468. The van der Waals surface area contributed by atoms with E-state index in [4.69, 9.17) is 9.47 Å². The van der Waals surface area contributed by atoms with E-state index < -0.39 is 0 Å². The van der Waals surface area contributed by atoms with Crippen LogP contribution in [0.2, 0.25) is 0 Å². The lowest BCUT2D eigenvalue weighted by atomic mass is 9.88. The number of rotatable bonds is 5. The molecule has 4 heteroatoms. The summed E-state index contributed by atoms with van der Waals surface area (Å²) < 4.78 is 11.5. The fourth-order valence-corrected chi connectivity index (χ4v) is 3.17. The largest absolute Gasteiger partial charge is 0.496 e. The number of methoxy groups -OCH3 is 1. The monoisotopic (exact) mass is 278 g/mol. The van der Waals surface area contributed by atoms with Crippen molar-refractivity contribution < 1.29 is 9.47 Å². The summed E-state index contributed by atoms with van der Waals surface area (Å²) in [4.78, 5) is 4.60. The Labute approximate surface area is 121 Å². The number of aryl methyl sites for hydroxylation is 1. The van der Waals surface area contributed by atoms with Gasteiger partial charge >= 0.3 is 0 Å². The van der Waals surface area contributed by atoms with Crippen LogP contribution in [0.25, 0.3) is 0 Å². The van der Waals surface area contributed by atoms with E-state index in [1.807, 2.05) is 20.2 Å². The van der Waals surface area contributed by atoms with Crippen LogP contribution in [0.3, 0.4) is 0 Å². The van der Waals surface area contributed by atoms with E-state index in [0.717, 1.165) is 48.4 Å². The van der Waals surface area contributed by atoms with Gasteiger partial charge in [0.05, 0.1) is 12.7 Å². The molecule has 1 saturated heterocycles. The summed E-state index contributed by atoms with van der Waals surface area (Å²) in [6, 6.07) is 0.267. The van der Waals surface area contributed by atoms with Gasteiger partial charge in [-0.3, -0.25) is 4.98 Å². The van der Waals surface area contributed by atoms with Crippen molar-refractivity contribution in [3.05, 3.63) is 23.0 Å². The molecule has 2 heterocycles. The summed E-state index contributed by atoms with van der Waals surface area (Å²) in [5, 5.41) is 3.41. The van der Waals surface area contributed by atoms with Crippen molar-refractivity contribution in [1.82, 2.24) is 10.3 Å². The first-order valence-electron chi connectivity index (χ1n) is 7.32. The summed E-state index contributed by atoms with van der Waals surface area (Å²) in [5.41, 5.74) is 3.21. The first-order chi connectivity index (χ1) is 9.51. The Balaban J connectivity index is 2.24. The molecule has 0 saturated carbocycles. The highest BCUT2D eigenvalue weighted by molar-refractivity contribution is 5.41. The molecule has 1 aliphatic rings. The highest BCUT2D eigenvalue weighted by atomic mass is 16.5. The lowest BCUT2D eigenvalue weighted by Gasteiger charge is -2.33. The first-order valence-corrected chi connectivity index (χ1v) is 7.32. The molecule has 0 bridgehead atoms. The van der Waals surface area contributed by atoms with Gasteiger partial charge in [-0.05, 0) is 40.7 Å². The lowest BCUT2D eigenvalue weighted by molar-refractivity contribution is -0.00972. The Kier molecular flexibility index (Phi) is 4.66. The van der Waals surface area contributed by atoms with Crippen LogP contribution in [-0.2, 0) is 11.2 Å². The van der Waals surface area contributed by atoms with Crippen LogP contribution >= 0.6 is 0 Å². The van der Waals surface area contributed by atoms with Crippen LogP contribution in [0.4, 0.5) is 0 Å². The van der Waals surface area contributed by atoms with Crippen molar-refractivity contribution in [1.29, 1.82) is 0 Å². The van der Waals surface area contributed by atoms with E-state index in [1.165, 1.54) is 0 Å². The minimum atomic E-state index is -0.0962. The second-order valence-electron chi connectivity index (χ2n) is 5.86. The predicted octanol–water partition coefficient (Wildman–Crippen LogP) is 2.41. The summed E-state index contributed by atoms with van der Waals surface area (Å²) >= 11 is 0. The maximum atomic E-state index is 5.96. The molecule has 2 unspecified atom stereocenters. The SMILES string of the molecule is CNC(Cc1ncc(C)c(OC)c1C)C1(C)CCCO1. The van der Waals surface area contributed by atoms with Crippen molar-refractivity contribution in [3.8, 4) is 5.75 Å². The van der Waals surface area contributed by atoms with E-state index in [0.29, 0.717) is 0 Å². The minimum absolute atomic E-state index is 0.0962. The summed E-state index contributed by atoms with van der Waals surface area (Å²) in [5.74, 6) is 0.947. The molecule has 0 aromatic carbocycles. The van der Waals surface area contributed by atoms with E-state index in [1.54, 1.807) is 7.11 Å². The molecule has 0 amide bonds. The zero-order valence-corrected chi connectivity index (χ0v) is 13.2. The van der Waals surface area contributed by atoms with Gasteiger partial charge in [0.25, 0.3) is 0 Å². The van der Waals surface area contributed by atoms with E-state index in [9.17, 15) is 0 Å². The van der Waals surface area contributed by atoms with Gasteiger partial charge in [0.1, 0.15) is 5.75 Å². The second-order valence-corrected chi connectivity index (χ2v) is 5.86. The van der Waals surface area contributed by atoms with E-state index in [-0.39, 0.29) is 11.6 Å². The number of pyridine rings is 1. The molecule has 1 N–H and O–H groups in total. The van der Waals surface area contributed by atoms with Crippen molar-refractivity contribution in [2.24, 2.45) is 0 Å². The summed E-state index contributed by atoms with van der Waals surface area (Å²) in [6.45, 7) is 7.17. The molecule has 0 radical (unpaired) electrons. The normalized spacial score (nSPS) is 23.9. The molecular formula is C16H26N2O2. The van der Waals surface area contributed by atoms with E-state index in [2.05, 4.69) is 24.1 Å². The average Bonchev–Trinajstić information content (AvgIpc) is 2.86. The van der Waals surface area contributed by atoms with Gasteiger partial charge in [-0.2, -0.15) is 0 Å². The van der Waals surface area contributed by atoms with Crippen molar-refractivity contribution in [2.45, 2.75) is 51.7 Å². The topological polar surface area (TPSA) is 43.4 Å². The molecule has 4 nitrogen and oxygen atoms in total. The Morgan fingerprint density at radius 1 is 1.50 bits per heavy atom. The summed E-state index contributed by atoms with van der Waals surface area (Å²) in [7, 11) is 3.72. The van der Waals surface area contributed by atoms with Gasteiger partial charge in [0.15, 0.2) is 0 Å². The lowest BCUT2D eigenvalue weighted by Crippen LogP contribution is -2.48. The highest BCUT2D eigenvalue weighted by Gasteiger charge is 2.38. The van der Waals surface area contributed by atoms with Gasteiger partial charge in [-0.25, -0.2) is 0 Å². The molecule has 112 valence electrons. The van der Waals surface area contributed by atoms with Gasteiger partial charge in [-0.1, -0.05) is 0 Å². The van der Waals surface area contributed by atoms with Crippen LogP contribution < -0.4 is 10.1 Å². The summed E-state index contributed by atoms with van der Waals surface area (Å²) in [6.07, 6.45) is 4.99. The molecule has 2 rings (SSSR count). The number of aromatic nitrogens is 1. The average molecular weight is 278 g/mol. The Hall–Kier alpha value is -1.13. The third-order valence-corrected chi connectivity index (χ3v) is 4.48. The van der Waals surface area contributed by atoms with Crippen LogP contribution in [-0.4, -0.2) is 37.4 Å². The van der Waals surface area contributed by atoms with Crippen molar-refractivity contribution in [3.63, 3.8) is 0 Å². The maximum Gasteiger partial charge on any atom is 0.128 e. The molecule has 0 spiro atoms. The quantitative estimate of drug-likeness (QED) is 0.898. The number of hydrogen-bond acceptors (Lipinski definition) is 4. The number of likely N-dealkylation sites (N-methyl/N-ethyl adjacent to an activating group) is 1. The molecule has 2 atom stereocenters.